The predicted molar refractivity (Wildman–Crippen MR) is 178 cm³/mol. The molecule has 45 heavy (non-hydrogen) atoms. The molecule has 0 spiro atoms. The number of allylic oxidation sites excluding steroid dienone is 5. The molecule has 3 saturated heterocycles. The molecule has 3 aliphatic heterocycles. The van der Waals surface area contributed by atoms with Crippen LogP contribution in [-0.4, -0.2) is 78.8 Å². The van der Waals surface area contributed by atoms with E-state index in [9.17, 15) is 9.59 Å². The molecule has 1 N–H and O–H groups in total. The molecule has 5 fully saturated rings. The zero-order chi connectivity index (χ0) is 30.9. The normalized spacial score (nSPS) is 34.9. The van der Waals surface area contributed by atoms with Crippen molar-refractivity contribution in [3.8, 4) is 0 Å². The second-order valence-electron chi connectivity index (χ2n) is 15.3. The Balaban J connectivity index is 1.28. The van der Waals surface area contributed by atoms with Gasteiger partial charge in [0.15, 0.2) is 0 Å². The van der Waals surface area contributed by atoms with Gasteiger partial charge >= 0.3 is 0 Å². The van der Waals surface area contributed by atoms with Gasteiger partial charge in [-0.1, -0.05) is 18.6 Å². The Labute approximate surface area is 268 Å². The molecule has 8 nitrogen and oxygen atoms in total. The fourth-order valence-corrected chi connectivity index (χ4v) is 10.6. The number of ketones is 2. The van der Waals surface area contributed by atoms with E-state index in [1.165, 1.54) is 24.0 Å². The first-order valence-corrected chi connectivity index (χ1v) is 17.8. The standard InChI is InChI=1S/C37H50N6O2/c1-24(44)26-10-11-27-25-8-9-29-33(30-22-32(42-16-4-5-17-42)40-35(39-30)43-18-6-7-19-43)34(45)31(41-20-14-38-15-21-41)23-37(29,3)28(25)12-13-36(26,27)2/h12,22-23,25-27,38H,4-11,13-21H2,1-3H3/t25-,26+,27-,36+,37+/m0/s1. The van der Waals surface area contributed by atoms with E-state index < -0.39 is 0 Å². The molecule has 5 atom stereocenters. The van der Waals surface area contributed by atoms with Crippen LogP contribution in [-0.2, 0) is 9.59 Å². The lowest BCUT2D eigenvalue weighted by atomic mass is 9.51. The van der Waals surface area contributed by atoms with Gasteiger partial charge in [-0.2, -0.15) is 4.98 Å². The number of nitrogens with one attached hydrogen (secondary N) is 1. The van der Waals surface area contributed by atoms with Gasteiger partial charge in [0.05, 0.1) is 17.0 Å². The van der Waals surface area contributed by atoms with Crippen molar-refractivity contribution < 1.29 is 9.59 Å². The van der Waals surface area contributed by atoms with Crippen molar-refractivity contribution >= 4 is 28.9 Å². The van der Waals surface area contributed by atoms with Crippen LogP contribution in [0.15, 0.2) is 35.1 Å². The van der Waals surface area contributed by atoms with Gasteiger partial charge in [-0.15, -0.1) is 0 Å². The summed E-state index contributed by atoms with van der Waals surface area (Å²) in [5.74, 6) is 3.39. The van der Waals surface area contributed by atoms with Crippen molar-refractivity contribution in [2.75, 3.05) is 62.2 Å². The van der Waals surface area contributed by atoms with Crippen LogP contribution < -0.4 is 15.1 Å². The molecular weight excluding hydrogens is 560 g/mol. The SMILES string of the molecule is CC(=O)[C@H]1CC[C@H]2[C@@H]3CCC4=C(c5cc(N6CCCC6)nc(N6CCCC6)n5)C(=O)C(N5CCNCC5)=C[C@]4(C)C3=CC[C@]12C. The minimum atomic E-state index is -0.339. The number of fused-ring (bicyclic) bond motifs is 5. The molecule has 2 saturated carbocycles. The lowest BCUT2D eigenvalue weighted by Crippen LogP contribution is -2.48. The Kier molecular flexibility index (Phi) is 7.23. The van der Waals surface area contributed by atoms with E-state index in [1.54, 1.807) is 6.92 Å². The van der Waals surface area contributed by atoms with E-state index in [0.29, 0.717) is 17.6 Å². The van der Waals surface area contributed by atoms with E-state index in [0.717, 1.165) is 126 Å². The summed E-state index contributed by atoms with van der Waals surface area (Å²) in [5.41, 5.74) is 4.94. The third kappa shape index (κ3) is 4.63. The molecule has 1 aromatic rings. The van der Waals surface area contributed by atoms with Crippen molar-refractivity contribution in [2.24, 2.45) is 28.6 Å². The van der Waals surface area contributed by atoms with Crippen LogP contribution in [0.2, 0.25) is 0 Å². The number of rotatable bonds is 5. The maximum Gasteiger partial charge on any atom is 0.227 e. The van der Waals surface area contributed by atoms with Crippen LogP contribution in [0.3, 0.4) is 0 Å². The van der Waals surface area contributed by atoms with Crippen LogP contribution >= 0.6 is 0 Å². The summed E-state index contributed by atoms with van der Waals surface area (Å²) in [6, 6.07) is 2.14. The number of hydrogen-bond donors (Lipinski definition) is 1. The summed E-state index contributed by atoms with van der Waals surface area (Å²) in [7, 11) is 0. The third-order valence-electron chi connectivity index (χ3n) is 12.9. The average Bonchev–Trinajstić information content (AvgIpc) is 3.83. The Morgan fingerprint density at radius 3 is 2.33 bits per heavy atom. The fourth-order valence-electron chi connectivity index (χ4n) is 10.6. The van der Waals surface area contributed by atoms with Gasteiger partial charge in [0.1, 0.15) is 11.6 Å². The number of anilines is 2. The van der Waals surface area contributed by atoms with Gasteiger partial charge in [0.25, 0.3) is 0 Å². The zero-order valence-electron chi connectivity index (χ0n) is 27.5. The van der Waals surface area contributed by atoms with Gasteiger partial charge < -0.3 is 20.0 Å². The topological polar surface area (TPSA) is 81.7 Å². The van der Waals surface area contributed by atoms with Gasteiger partial charge in [0, 0.05) is 69.8 Å². The Morgan fingerprint density at radius 1 is 0.911 bits per heavy atom. The van der Waals surface area contributed by atoms with E-state index >= 15 is 0 Å². The molecule has 0 amide bonds. The smallest absolute Gasteiger partial charge is 0.227 e. The summed E-state index contributed by atoms with van der Waals surface area (Å²) < 4.78 is 0. The van der Waals surface area contributed by atoms with E-state index in [1.807, 2.05) is 0 Å². The fraction of sp³-hybridized carbons (Fsp3) is 0.676. The van der Waals surface area contributed by atoms with Crippen molar-refractivity contribution in [2.45, 2.75) is 78.6 Å². The molecule has 7 aliphatic rings. The number of carbonyl (C=O) groups is 2. The molecular formula is C37H50N6O2. The van der Waals surface area contributed by atoms with Crippen LogP contribution in [0.4, 0.5) is 11.8 Å². The highest BCUT2D eigenvalue weighted by Gasteiger charge is 2.57. The second kappa shape index (κ2) is 11.1. The molecule has 0 aromatic carbocycles. The Hall–Kier alpha value is -3.00. The van der Waals surface area contributed by atoms with Crippen molar-refractivity contribution in [1.29, 1.82) is 0 Å². The Morgan fingerprint density at radius 2 is 1.62 bits per heavy atom. The maximum absolute atomic E-state index is 14.9. The molecule has 240 valence electrons. The first-order valence-electron chi connectivity index (χ1n) is 17.8. The zero-order valence-corrected chi connectivity index (χ0v) is 27.5. The highest BCUT2D eigenvalue weighted by Crippen LogP contribution is 2.65. The van der Waals surface area contributed by atoms with Gasteiger partial charge in [-0.05, 0) is 101 Å². The van der Waals surface area contributed by atoms with Crippen LogP contribution in [0.25, 0.3) is 5.57 Å². The molecule has 0 bridgehead atoms. The predicted octanol–water partition coefficient (Wildman–Crippen LogP) is 5.17. The quantitative estimate of drug-likeness (QED) is 0.458. The molecule has 8 rings (SSSR count). The summed E-state index contributed by atoms with van der Waals surface area (Å²) in [6.07, 6.45) is 14.6. The molecule has 0 unspecified atom stereocenters. The summed E-state index contributed by atoms with van der Waals surface area (Å²) >= 11 is 0. The molecule has 8 heteroatoms. The Bertz CT molecular complexity index is 1460. The second-order valence-corrected chi connectivity index (χ2v) is 15.3. The summed E-state index contributed by atoms with van der Waals surface area (Å²) in [4.78, 5) is 45.0. The minimum Gasteiger partial charge on any atom is -0.366 e. The minimum absolute atomic E-state index is 0.0396. The molecule has 4 aliphatic carbocycles. The average molecular weight is 611 g/mol. The van der Waals surface area contributed by atoms with Crippen LogP contribution in [0, 0.1) is 28.6 Å². The molecule has 0 radical (unpaired) electrons. The number of aromatic nitrogens is 2. The third-order valence-corrected chi connectivity index (χ3v) is 12.9. The van der Waals surface area contributed by atoms with Gasteiger partial charge in [-0.25, -0.2) is 4.98 Å². The lowest BCUT2D eigenvalue weighted by molar-refractivity contribution is -0.124. The van der Waals surface area contributed by atoms with E-state index in [2.05, 4.69) is 52.1 Å². The van der Waals surface area contributed by atoms with Crippen LogP contribution in [0.5, 0.6) is 0 Å². The number of Topliss-reactive ketones (excluding diaryl/α,β-unsaturated/α-hetero) is 2. The van der Waals surface area contributed by atoms with Crippen LogP contribution in [0.1, 0.15) is 84.3 Å². The van der Waals surface area contributed by atoms with Crippen molar-refractivity contribution in [1.82, 2.24) is 20.2 Å². The number of nitrogens with zero attached hydrogens (tertiary/aromatic N) is 5. The van der Waals surface area contributed by atoms with Gasteiger partial charge in [-0.3, -0.25) is 9.59 Å². The van der Waals surface area contributed by atoms with E-state index in [4.69, 9.17) is 9.97 Å². The summed E-state index contributed by atoms with van der Waals surface area (Å²) in [5, 5.41) is 3.48. The highest BCUT2D eigenvalue weighted by atomic mass is 16.1. The van der Waals surface area contributed by atoms with E-state index in [-0.39, 0.29) is 22.5 Å². The maximum atomic E-state index is 14.9. The molecule has 1 aromatic heterocycles. The van der Waals surface area contributed by atoms with Gasteiger partial charge in [0.2, 0.25) is 11.7 Å². The number of piperazine rings is 1. The first-order chi connectivity index (χ1) is 21.8. The van der Waals surface area contributed by atoms with Crippen molar-refractivity contribution in [3.05, 3.63) is 40.8 Å². The lowest BCUT2D eigenvalue weighted by Gasteiger charge is -2.53. The summed E-state index contributed by atoms with van der Waals surface area (Å²) in [6.45, 7) is 14.0. The highest BCUT2D eigenvalue weighted by molar-refractivity contribution is 6.30. The van der Waals surface area contributed by atoms with Crippen molar-refractivity contribution in [3.63, 3.8) is 0 Å². The largest absolute Gasteiger partial charge is 0.366 e. The number of carbonyl (C=O) groups excluding carboxylic acids is 2. The molecule has 4 heterocycles. The monoisotopic (exact) mass is 610 g/mol. The first kappa shape index (κ1) is 29.4. The number of hydrogen-bond acceptors (Lipinski definition) is 8.